The van der Waals surface area contributed by atoms with Crippen molar-refractivity contribution in [2.75, 3.05) is 11.5 Å². The molecule has 0 fully saturated rings. The zero-order chi connectivity index (χ0) is 15.7. The average molecular weight is 292 g/mol. The van der Waals surface area contributed by atoms with Gasteiger partial charge in [-0.15, -0.1) is 0 Å². The monoisotopic (exact) mass is 292 g/mol. The highest BCUT2D eigenvalue weighted by Gasteiger charge is 2.14. The van der Waals surface area contributed by atoms with E-state index in [-0.39, 0.29) is 34.9 Å². The summed E-state index contributed by atoms with van der Waals surface area (Å²) in [4.78, 5) is 7.96. The van der Waals surface area contributed by atoms with Crippen molar-refractivity contribution in [1.29, 1.82) is 10.5 Å². The molecule has 0 amide bonds. The van der Waals surface area contributed by atoms with Gasteiger partial charge in [0.1, 0.15) is 12.1 Å². The Hall–Kier alpha value is -3.78. The molecule has 0 bridgehead atoms. The summed E-state index contributed by atoms with van der Waals surface area (Å²) in [6.07, 6.45) is 0. The summed E-state index contributed by atoms with van der Waals surface area (Å²) in [7, 11) is 0. The molecule has 1 aromatic carbocycles. The second kappa shape index (κ2) is 4.96. The van der Waals surface area contributed by atoms with Crippen molar-refractivity contribution < 1.29 is 8.83 Å². The number of nitriles is 2. The number of nitrogens with two attached hydrogens (primary N) is 2. The summed E-state index contributed by atoms with van der Waals surface area (Å²) in [5, 5.41) is 17.6. The molecular formula is C14H8N6O2. The van der Waals surface area contributed by atoms with E-state index in [2.05, 4.69) is 9.97 Å². The maximum Gasteiger partial charge on any atom is 0.230 e. The first kappa shape index (κ1) is 13.2. The first-order valence-electron chi connectivity index (χ1n) is 6.06. The summed E-state index contributed by atoms with van der Waals surface area (Å²) in [6.45, 7) is 0. The van der Waals surface area contributed by atoms with Crippen molar-refractivity contribution in [1.82, 2.24) is 9.97 Å². The molecule has 2 aromatic heterocycles. The van der Waals surface area contributed by atoms with E-state index in [0.717, 1.165) is 0 Å². The fraction of sp³-hybridized carbons (Fsp3) is 0. The SMILES string of the molecule is N#Cc1nc(-c2ccc(-c3nc(C#N)c(N)o3)cc2)oc1N. The predicted molar refractivity (Wildman–Crippen MR) is 75.7 cm³/mol. The van der Waals surface area contributed by atoms with Crippen LogP contribution in [0.5, 0.6) is 0 Å². The minimum Gasteiger partial charge on any atom is -0.419 e. The van der Waals surface area contributed by atoms with Gasteiger partial charge in [-0.3, -0.25) is 0 Å². The van der Waals surface area contributed by atoms with Crippen LogP contribution in [-0.4, -0.2) is 9.97 Å². The normalized spacial score (nSPS) is 10.1. The van der Waals surface area contributed by atoms with E-state index in [1.54, 1.807) is 24.3 Å². The van der Waals surface area contributed by atoms with Crippen molar-refractivity contribution in [3.8, 4) is 35.0 Å². The van der Waals surface area contributed by atoms with Crippen LogP contribution in [0.25, 0.3) is 22.9 Å². The molecule has 0 saturated carbocycles. The quantitative estimate of drug-likeness (QED) is 0.726. The van der Waals surface area contributed by atoms with Crippen LogP contribution in [0, 0.1) is 22.7 Å². The largest absolute Gasteiger partial charge is 0.419 e. The highest BCUT2D eigenvalue weighted by atomic mass is 16.4. The number of hydrogen-bond donors (Lipinski definition) is 2. The maximum atomic E-state index is 8.81. The van der Waals surface area contributed by atoms with Crippen LogP contribution in [0.4, 0.5) is 11.8 Å². The third kappa shape index (κ3) is 2.11. The Morgan fingerprint density at radius 1 is 0.773 bits per heavy atom. The van der Waals surface area contributed by atoms with Crippen LogP contribution in [0.2, 0.25) is 0 Å². The Bertz CT molecular complexity index is 847. The van der Waals surface area contributed by atoms with Crippen LogP contribution in [0.3, 0.4) is 0 Å². The van der Waals surface area contributed by atoms with E-state index in [1.165, 1.54) is 0 Å². The molecule has 0 spiro atoms. The van der Waals surface area contributed by atoms with Crippen molar-refractivity contribution in [3.63, 3.8) is 0 Å². The molecule has 0 radical (unpaired) electrons. The third-order valence-electron chi connectivity index (χ3n) is 2.90. The molecular weight excluding hydrogens is 284 g/mol. The molecule has 106 valence electrons. The van der Waals surface area contributed by atoms with Crippen LogP contribution in [0.15, 0.2) is 33.1 Å². The van der Waals surface area contributed by atoms with Gasteiger partial charge in [-0.2, -0.15) is 20.5 Å². The Morgan fingerprint density at radius 3 is 1.41 bits per heavy atom. The van der Waals surface area contributed by atoms with E-state index in [9.17, 15) is 0 Å². The number of nitrogens with zero attached hydrogens (tertiary/aromatic N) is 4. The lowest BCUT2D eigenvalue weighted by Gasteiger charge is -1.97. The summed E-state index contributed by atoms with van der Waals surface area (Å²) in [5.41, 5.74) is 12.4. The van der Waals surface area contributed by atoms with Crippen LogP contribution in [0.1, 0.15) is 11.4 Å². The molecule has 0 atom stereocenters. The van der Waals surface area contributed by atoms with Gasteiger partial charge in [0.2, 0.25) is 34.9 Å². The Labute approximate surface area is 124 Å². The summed E-state index contributed by atoms with van der Waals surface area (Å²) in [6, 6.07) is 10.5. The molecule has 3 aromatic rings. The van der Waals surface area contributed by atoms with Gasteiger partial charge in [0.05, 0.1) is 0 Å². The van der Waals surface area contributed by atoms with E-state index in [4.69, 9.17) is 30.8 Å². The molecule has 0 unspecified atom stereocenters. The number of anilines is 2. The second-order valence-corrected chi connectivity index (χ2v) is 4.26. The summed E-state index contributed by atoms with van der Waals surface area (Å²) in [5.74, 6) is 0.428. The molecule has 2 heterocycles. The molecule has 0 aliphatic heterocycles. The minimum absolute atomic E-state index is 0.0271. The number of aromatic nitrogens is 2. The van der Waals surface area contributed by atoms with E-state index in [1.807, 2.05) is 12.1 Å². The maximum absolute atomic E-state index is 8.81. The second-order valence-electron chi connectivity index (χ2n) is 4.26. The van der Waals surface area contributed by atoms with Crippen molar-refractivity contribution in [3.05, 3.63) is 35.7 Å². The summed E-state index contributed by atoms with van der Waals surface area (Å²) < 4.78 is 10.4. The number of rotatable bonds is 2. The Morgan fingerprint density at radius 2 is 1.14 bits per heavy atom. The molecule has 8 heteroatoms. The molecule has 0 aliphatic carbocycles. The van der Waals surface area contributed by atoms with Gasteiger partial charge in [-0.1, -0.05) is 0 Å². The van der Waals surface area contributed by atoms with Crippen LogP contribution >= 0.6 is 0 Å². The number of hydrogen-bond acceptors (Lipinski definition) is 8. The molecule has 4 N–H and O–H groups in total. The van der Waals surface area contributed by atoms with E-state index in [0.29, 0.717) is 11.1 Å². The number of oxazole rings is 2. The van der Waals surface area contributed by atoms with E-state index < -0.39 is 0 Å². The van der Waals surface area contributed by atoms with Crippen LogP contribution in [-0.2, 0) is 0 Å². The minimum atomic E-state index is -0.0271. The lowest BCUT2D eigenvalue weighted by molar-refractivity contribution is 0.591. The van der Waals surface area contributed by atoms with Crippen LogP contribution < -0.4 is 11.5 Å². The van der Waals surface area contributed by atoms with Gasteiger partial charge in [0.25, 0.3) is 0 Å². The van der Waals surface area contributed by atoms with Gasteiger partial charge < -0.3 is 20.3 Å². The molecule has 3 rings (SSSR count). The topological polar surface area (TPSA) is 152 Å². The first-order chi connectivity index (χ1) is 10.6. The number of nitrogen functional groups attached to an aromatic ring is 2. The average Bonchev–Trinajstić information content (AvgIpc) is 3.10. The third-order valence-corrected chi connectivity index (χ3v) is 2.90. The van der Waals surface area contributed by atoms with Crippen molar-refractivity contribution in [2.24, 2.45) is 0 Å². The lowest BCUT2D eigenvalue weighted by atomic mass is 10.1. The van der Waals surface area contributed by atoms with Gasteiger partial charge in [0, 0.05) is 11.1 Å². The fourth-order valence-corrected chi connectivity index (χ4v) is 1.83. The zero-order valence-corrected chi connectivity index (χ0v) is 11.1. The highest BCUT2D eigenvalue weighted by molar-refractivity contribution is 5.64. The first-order valence-corrected chi connectivity index (χ1v) is 6.06. The van der Waals surface area contributed by atoms with Crippen molar-refractivity contribution in [2.45, 2.75) is 0 Å². The van der Waals surface area contributed by atoms with Gasteiger partial charge in [0.15, 0.2) is 0 Å². The molecule has 0 aliphatic rings. The molecule has 0 saturated heterocycles. The molecule has 22 heavy (non-hydrogen) atoms. The Balaban J connectivity index is 1.95. The standard InChI is InChI=1S/C14H8N6O2/c15-5-9-11(17)21-13(19-9)7-1-2-8(4-3-7)14-20-10(6-16)12(18)22-14/h1-4H,17-18H2. The Kier molecular flexibility index (Phi) is 2.98. The van der Waals surface area contributed by atoms with E-state index >= 15 is 0 Å². The number of benzene rings is 1. The van der Waals surface area contributed by atoms with Gasteiger partial charge >= 0.3 is 0 Å². The van der Waals surface area contributed by atoms with Gasteiger partial charge in [-0.05, 0) is 24.3 Å². The zero-order valence-electron chi connectivity index (χ0n) is 11.1. The lowest BCUT2D eigenvalue weighted by Crippen LogP contribution is -1.84. The highest BCUT2D eigenvalue weighted by Crippen LogP contribution is 2.27. The van der Waals surface area contributed by atoms with Gasteiger partial charge in [-0.25, -0.2) is 0 Å². The predicted octanol–water partition coefficient (Wildman–Crippen LogP) is 1.90. The molecule has 8 nitrogen and oxygen atoms in total. The smallest absolute Gasteiger partial charge is 0.230 e. The fourth-order valence-electron chi connectivity index (χ4n) is 1.83. The van der Waals surface area contributed by atoms with Crippen molar-refractivity contribution >= 4 is 11.8 Å². The summed E-state index contributed by atoms with van der Waals surface area (Å²) >= 11 is 0.